The second-order valence-corrected chi connectivity index (χ2v) is 5.02. The number of benzene rings is 2. The Labute approximate surface area is 90.8 Å². The molecule has 16 heavy (non-hydrogen) atoms. The van der Waals surface area contributed by atoms with Crippen LogP contribution in [0.25, 0.3) is 10.8 Å². The van der Waals surface area contributed by atoms with Gasteiger partial charge in [-0.15, -0.1) is 0 Å². The van der Waals surface area contributed by atoms with Crippen LogP contribution < -0.4 is 5.30 Å². The van der Waals surface area contributed by atoms with E-state index in [1.54, 1.807) is 0 Å². The lowest BCUT2D eigenvalue weighted by Gasteiger charge is -2.06. The molecule has 2 aromatic carbocycles. The molecule has 0 bridgehead atoms. The summed E-state index contributed by atoms with van der Waals surface area (Å²) in [5.41, 5.74) is 0. The fourth-order valence-corrected chi connectivity index (χ4v) is 2.02. The summed E-state index contributed by atoms with van der Waals surface area (Å²) in [6.45, 7) is 0. The summed E-state index contributed by atoms with van der Waals surface area (Å²) < 4.78 is 11.0. The Balaban J connectivity index is 2.72. The second-order valence-electron chi connectivity index (χ2n) is 3.42. The lowest BCUT2D eigenvalue weighted by Crippen LogP contribution is -2.02. The Hall–Kier alpha value is -1.55. The molecule has 0 spiro atoms. The molecule has 0 radical (unpaired) electrons. The van der Waals surface area contributed by atoms with Gasteiger partial charge in [-0.05, 0) is 35.0 Å². The Morgan fingerprint density at radius 1 is 0.875 bits per heavy atom. The molecule has 0 unspecified atom stereocenters. The second kappa shape index (κ2) is 3.49. The molecule has 5 nitrogen and oxygen atoms in total. The quantitative estimate of drug-likeness (QED) is 0.441. The third-order valence-corrected chi connectivity index (χ3v) is 3.20. The standard InChI is InChI=1S/C10H9O5P/c11-9-4-6-1-2-8(16(13,14)15)3-7(6)5-10(9)12/h1-5,11-12H,(H2,13,14,15). The van der Waals surface area contributed by atoms with Crippen LogP contribution in [0.1, 0.15) is 0 Å². The van der Waals surface area contributed by atoms with Crippen molar-refractivity contribution in [2.24, 2.45) is 0 Å². The van der Waals surface area contributed by atoms with Crippen LogP contribution in [-0.2, 0) is 4.57 Å². The summed E-state index contributed by atoms with van der Waals surface area (Å²) in [7, 11) is -4.29. The van der Waals surface area contributed by atoms with Crippen LogP contribution in [0.3, 0.4) is 0 Å². The normalized spacial score (nSPS) is 11.9. The first-order valence-electron chi connectivity index (χ1n) is 4.40. The van der Waals surface area contributed by atoms with Gasteiger partial charge in [0.1, 0.15) is 0 Å². The highest BCUT2D eigenvalue weighted by molar-refractivity contribution is 7.60. The molecule has 0 saturated heterocycles. The molecule has 0 aliphatic carbocycles. The van der Waals surface area contributed by atoms with Crippen molar-refractivity contribution in [2.75, 3.05) is 0 Å². The van der Waals surface area contributed by atoms with Gasteiger partial charge in [-0.2, -0.15) is 0 Å². The fourth-order valence-electron chi connectivity index (χ4n) is 1.44. The van der Waals surface area contributed by atoms with E-state index in [1.165, 1.54) is 30.3 Å². The Bertz CT molecular complexity index is 601. The van der Waals surface area contributed by atoms with Crippen LogP contribution in [0.4, 0.5) is 0 Å². The molecule has 2 aromatic rings. The van der Waals surface area contributed by atoms with E-state index in [2.05, 4.69) is 0 Å². The van der Waals surface area contributed by atoms with Gasteiger partial charge in [0.05, 0.1) is 5.30 Å². The van der Waals surface area contributed by atoms with Crippen LogP contribution in [0.5, 0.6) is 11.5 Å². The number of fused-ring (bicyclic) bond motifs is 1. The van der Waals surface area contributed by atoms with E-state index in [-0.39, 0.29) is 16.8 Å². The zero-order valence-electron chi connectivity index (χ0n) is 8.03. The number of aromatic hydroxyl groups is 2. The van der Waals surface area contributed by atoms with Gasteiger partial charge in [0, 0.05) is 0 Å². The molecule has 0 amide bonds. The lowest BCUT2D eigenvalue weighted by molar-refractivity contribution is 0.387. The van der Waals surface area contributed by atoms with Gasteiger partial charge < -0.3 is 20.0 Å². The van der Waals surface area contributed by atoms with Crippen molar-refractivity contribution >= 4 is 23.7 Å². The summed E-state index contributed by atoms with van der Waals surface area (Å²) >= 11 is 0. The third-order valence-electron chi connectivity index (χ3n) is 2.25. The molecule has 4 N–H and O–H groups in total. The van der Waals surface area contributed by atoms with Crippen molar-refractivity contribution in [3.8, 4) is 11.5 Å². The van der Waals surface area contributed by atoms with Gasteiger partial charge in [-0.1, -0.05) is 6.07 Å². The lowest BCUT2D eigenvalue weighted by atomic mass is 10.1. The highest BCUT2D eigenvalue weighted by Crippen LogP contribution is 2.36. The zero-order valence-corrected chi connectivity index (χ0v) is 8.93. The summed E-state index contributed by atoms with van der Waals surface area (Å²) in [4.78, 5) is 17.9. The van der Waals surface area contributed by atoms with Crippen molar-refractivity contribution in [3.05, 3.63) is 30.3 Å². The summed E-state index contributed by atoms with van der Waals surface area (Å²) in [5, 5.41) is 19.4. The van der Waals surface area contributed by atoms with E-state index in [1.807, 2.05) is 0 Å². The van der Waals surface area contributed by atoms with Gasteiger partial charge in [-0.3, -0.25) is 4.57 Å². The van der Waals surface area contributed by atoms with Crippen LogP contribution in [0, 0.1) is 0 Å². The van der Waals surface area contributed by atoms with Gasteiger partial charge in [0.2, 0.25) is 0 Å². The first kappa shape index (κ1) is 11.0. The van der Waals surface area contributed by atoms with E-state index in [0.29, 0.717) is 10.8 Å². The number of hydrogen-bond donors (Lipinski definition) is 4. The minimum atomic E-state index is -4.29. The molecule has 0 aliphatic rings. The zero-order chi connectivity index (χ0) is 11.9. The van der Waals surface area contributed by atoms with Crippen molar-refractivity contribution in [1.82, 2.24) is 0 Å². The molecule has 2 rings (SSSR count). The molecule has 0 aliphatic heterocycles. The minimum absolute atomic E-state index is 0.120. The van der Waals surface area contributed by atoms with Gasteiger partial charge in [0.15, 0.2) is 11.5 Å². The highest BCUT2D eigenvalue weighted by atomic mass is 31.2. The van der Waals surface area contributed by atoms with Gasteiger partial charge in [0.25, 0.3) is 0 Å². The average Bonchev–Trinajstić information content (AvgIpc) is 2.17. The molecular formula is C10H9O5P. The first-order valence-corrected chi connectivity index (χ1v) is 6.01. The van der Waals surface area contributed by atoms with Crippen LogP contribution in [0.2, 0.25) is 0 Å². The third kappa shape index (κ3) is 1.88. The topological polar surface area (TPSA) is 98.0 Å². The smallest absolute Gasteiger partial charge is 0.356 e. The number of phenolic OH excluding ortho intramolecular Hbond substituents is 2. The molecular weight excluding hydrogens is 231 g/mol. The van der Waals surface area contributed by atoms with Crippen molar-refractivity contribution in [1.29, 1.82) is 0 Å². The summed E-state index contributed by atoms with van der Waals surface area (Å²) in [6.07, 6.45) is 0. The van der Waals surface area contributed by atoms with Crippen molar-refractivity contribution in [3.63, 3.8) is 0 Å². The van der Waals surface area contributed by atoms with Crippen LogP contribution in [-0.4, -0.2) is 20.0 Å². The Morgan fingerprint density at radius 2 is 1.44 bits per heavy atom. The molecule has 6 heteroatoms. The molecule has 0 aromatic heterocycles. The van der Waals surface area contributed by atoms with E-state index in [9.17, 15) is 14.8 Å². The molecule has 0 heterocycles. The van der Waals surface area contributed by atoms with Gasteiger partial charge >= 0.3 is 7.60 Å². The molecule has 0 atom stereocenters. The number of hydrogen-bond acceptors (Lipinski definition) is 3. The average molecular weight is 240 g/mol. The Morgan fingerprint density at radius 3 is 2.00 bits per heavy atom. The first-order chi connectivity index (χ1) is 7.38. The highest BCUT2D eigenvalue weighted by Gasteiger charge is 2.17. The van der Waals surface area contributed by atoms with Crippen molar-refractivity contribution in [2.45, 2.75) is 0 Å². The van der Waals surface area contributed by atoms with E-state index in [0.717, 1.165) is 0 Å². The number of phenols is 2. The number of rotatable bonds is 1. The van der Waals surface area contributed by atoms with Crippen molar-refractivity contribution < 1.29 is 24.6 Å². The molecule has 0 saturated carbocycles. The fraction of sp³-hybridized carbons (Fsp3) is 0. The predicted octanol–water partition coefficient (Wildman–Crippen LogP) is 1.05. The van der Waals surface area contributed by atoms with Crippen LogP contribution in [0.15, 0.2) is 30.3 Å². The minimum Gasteiger partial charge on any atom is -0.504 e. The summed E-state index contributed by atoms with van der Waals surface area (Å²) in [5.74, 6) is -0.591. The predicted molar refractivity (Wildman–Crippen MR) is 59.0 cm³/mol. The maximum Gasteiger partial charge on any atom is 0.356 e. The summed E-state index contributed by atoms with van der Waals surface area (Å²) in [6, 6.07) is 6.63. The maximum absolute atomic E-state index is 11.0. The SMILES string of the molecule is O=P(O)(O)c1ccc2cc(O)c(O)cc2c1. The van der Waals surface area contributed by atoms with Crippen LogP contribution >= 0.6 is 7.60 Å². The van der Waals surface area contributed by atoms with Gasteiger partial charge in [-0.25, -0.2) is 0 Å². The van der Waals surface area contributed by atoms with E-state index >= 15 is 0 Å². The molecule has 84 valence electrons. The van der Waals surface area contributed by atoms with E-state index < -0.39 is 7.60 Å². The molecule has 0 fully saturated rings. The largest absolute Gasteiger partial charge is 0.504 e. The van der Waals surface area contributed by atoms with E-state index in [4.69, 9.17) is 9.79 Å². The monoisotopic (exact) mass is 240 g/mol. The maximum atomic E-state index is 11.0. The Kier molecular flexibility index (Phi) is 2.39.